The topological polar surface area (TPSA) is 97.5 Å². The zero-order valence-corrected chi connectivity index (χ0v) is 18.5. The molecule has 1 saturated heterocycles. The molecule has 10 heteroatoms. The summed E-state index contributed by atoms with van der Waals surface area (Å²) in [6, 6.07) is 8.11. The van der Waals surface area contributed by atoms with Crippen LogP contribution in [0.5, 0.6) is 0 Å². The molecular formula is C19H18Br2N4O4. The quantitative estimate of drug-likeness (QED) is 0.487. The standard InChI is InChI=1S/C19H18Br2N4O4/c20-14-5-13(25(28)29)6-15(21)19(14)22-17(26)10-23-7-11-4-12(9-23)16-2-1-3-18(27)24(16)8-11/h1-3,5-6,11-12H,4,7-10H2,(H,22,26)/t11-,12-/m1/s1. The van der Waals surface area contributed by atoms with Crippen molar-refractivity contribution < 1.29 is 9.72 Å². The predicted molar refractivity (Wildman–Crippen MR) is 115 cm³/mol. The Morgan fingerprint density at radius 3 is 2.62 bits per heavy atom. The number of aromatic nitrogens is 1. The second-order valence-electron chi connectivity index (χ2n) is 7.48. The van der Waals surface area contributed by atoms with Crippen LogP contribution in [-0.2, 0) is 11.3 Å². The van der Waals surface area contributed by atoms with Gasteiger partial charge in [-0.3, -0.25) is 24.6 Å². The summed E-state index contributed by atoms with van der Waals surface area (Å²) in [6.07, 6.45) is 1.03. The summed E-state index contributed by atoms with van der Waals surface area (Å²) in [7, 11) is 0. The van der Waals surface area contributed by atoms with Crippen molar-refractivity contribution in [3.05, 3.63) is 65.4 Å². The number of nitro benzene ring substituents is 1. The highest BCUT2D eigenvalue weighted by atomic mass is 79.9. The van der Waals surface area contributed by atoms with E-state index in [1.807, 2.05) is 10.6 Å². The Labute approximate surface area is 183 Å². The molecule has 1 aromatic carbocycles. The van der Waals surface area contributed by atoms with E-state index >= 15 is 0 Å². The van der Waals surface area contributed by atoms with E-state index in [0.717, 1.165) is 25.2 Å². The number of benzene rings is 1. The minimum Gasteiger partial charge on any atom is -0.323 e. The highest BCUT2D eigenvalue weighted by molar-refractivity contribution is 9.11. The predicted octanol–water partition coefficient (Wildman–Crippen LogP) is 3.34. The number of hydrogen-bond acceptors (Lipinski definition) is 5. The number of likely N-dealkylation sites (tertiary alicyclic amines) is 1. The van der Waals surface area contributed by atoms with Gasteiger partial charge >= 0.3 is 0 Å². The third-order valence-corrected chi connectivity index (χ3v) is 6.68. The summed E-state index contributed by atoms with van der Waals surface area (Å²) in [5, 5.41) is 13.8. The number of carbonyl (C=O) groups excluding carboxylic acids is 1. The summed E-state index contributed by atoms with van der Waals surface area (Å²) < 4.78 is 2.74. The molecule has 1 N–H and O–H groups in total. The monoisotopic (exact) mass is 524 g/mol. The van der Waals surface area contributed by atoms with Crippen LogP contribution >= 0.6 is 31.9 Å². The van der Waals surface area contributed by atoms with Gasteiger partial charge in [0.25, 0.3) is 11.2 Å². The molecule has 0 saturated carbocycles. The van der Waals surface area contributed by atoms with Crippen molar-refractivity contribution in [1.29, 1.82) is 0 Å². The number of non-ortho nitro benzene ring substituents is 1. The number of carbonyl (C=O) groups is 1. The van der Waals surface area contributed by atoms with Crippen LogP contribution in [0.2, 0.25) is 0 Å². The summed E-state index contributed by atoms with van der Waals surface area (Å²) in [5.41, 5.74) is 1.48. The van der Waals surface area contributed by atoms with Gasteiger partial charge in [-0.25, -0.2) is 0 Å². The number of pyridine rings is 1. The van der Waals surface area contributed by atoms with E-state index in [1.165, 1.54) is 12.1 Å². The molecule has 2 aliphatic heterocycles. The molecule has 2 bridgehead atoms. The van der Waals surface area contributed by atoms with E-state index < -0.39 is 4.92 Å². The molecule has 0 unspecified atom stereocenters. The summed E-state index contributed by atoms with van der Waals surface area (Å²) in [6.45, 7) is 2.38. The molecule has 152 valence electrons. The molecular weight excluding hydrogens is 508 g/mol. The molecule has 2 aliphatic rings. The largest absolute Gasteiger partial charge is 0.323 e. The number of piperidine rings is 1. The van der Waals surface area contributed by atoms with Crippen LogP contribution in [0.3, 0.4) is 0 Å². The van der Waals surface area contributed by atoms with Crippen LogP contribution in [0.25, 0.3) is 0 Å². The normalized spacial score (nSPS) is 20.8. The van der Waals surface area contributed by atoms with E-state index in [0.29, 0.717) is 27.1 Å². The summed E-state index contributed by atoms with van der Waals surface area (Å²) >= 11 is 6.58. The van der Waals surface area contributed by atoms with Gasteiger partial charge in [-0.05, 0) is 50.3 Å². The molecule has 2 aromatic rings. The maximum absolute atomic E-state index is 12.6. The van der Waals surface area contributed by atoms with Crippen LogP contribution in [0.4, 0.5) is 11.4 Å². The molecule has 29 heavy (non-hydrogen) atoms. The lowest BCUT2D eigenvalue weighted by molar-refractivity contribution is -0.385. The number of fused-ring (bicyclic) bond motifs is 4. The summed E-state index contributed by atoms with van der Waals surface area (Å²) in [4.78, 5) is 37.3. The Balaban J connectivity index is 1.45. The fourth-order valence-electron chi connectivity index (χ4n) is 4.29. The first-order valence-electron chi connectivity index (χ1n) is 9.17. The first kappa shape index (κ1) is 20.2. The zero-order chi connectivity index (χ0) is 20.7. The lowest BCUT2D eigenvalue weighted by atomic mass is 9.83. The van der Waals surface area contributed by atoms with Gasteiger partial charge in [0.2, 0.25) is 5.91 Å². The number of hydrogen-bond donors (Lipinski definition) is 1. The highest BCUT2D eigenvalue weighted by Gasteiger charge is 2.35. The number of amides is 1. The van der Waals surface area contributed by atoms with Crippen molar-refractivity contribution in [1.82, 2.24) is 9.47 Å². The number of anilines is 1. The molecule has 1 aromatic heterocycles. The fourth-order valence-corrected chi connectivity index (χ4v) is 5.65. The van der Waals surface area contributed by atoms with Crippen molar-refractivity contribution in [3.63, 3.8) is 0 Å². The van der Waals surface area contributed by atoms with Crippen LogP contribution in [-0.4, -0.2) is 39.9 Å². The fraction of sp³-hybridized carbons (Fsp3) is 0.368. The van der Waals surface area contributed by atoms with E-state index in [-0.39, 0.29) is 29.6 Å². The third-order valence-electron chi connectivity index (χ3n) is 5.42. The second kappa shape index (κ2) is 8.00. The maximum atomic E-state index is 12.6. The van der Waals surface area contributed by atoms with Crippen molar-refractivity contribution in [3.8, 4) is 0 Å². The first-order chi connectivity index (χ1) is 13.8. The molecule has 0 aliphatic carbocycles. The van der Waals surface area contributed by atoms with Crippen LogP contribution in [0, 0.1) is 16.0 Å². The lowest BCUT2D eigenvalue weighted by Crippen LogP contribution is -2.49. The van der Waals surface area contributed by atoms with E-state index in [1.54, 1.807) is 12.1 Å². The Kier molecular flexibility index (Phi) is 5.58. The third kappa shape index (κ3) is 4.15. The molecule has 8 nitrogen and oxygen atoms in total. The van der Waals surface area contributed by atoms with E-state index in [2.05, 4.69) is 42.1 Å². The van der Waals surface area contributed by atoms with Crippen LogP contribution in [0.15, 0.2) is 44.1 Å². The lowest BCUT2D eigenvalue weighted by Gasteiger charge is -2.42. The first-order valence-corrected chi connectivity index (χ1v) is 10.8. The van der Waals surface area contributed by atoms with Crippen molar-refractivity contribution in [2.45, 2.75) is 18.9 Å². The number of nitrogens with zero attached hydrogens (tertiary/aromatic N) is 3. The van der Waals surface area contributed by atoms with Gasteiger partial charge in [0.1, 0.15) is 0 Å². The Morgan fingerprint density at radius 2 is 1.93 bits per heavy atom. The van der Waals surface area contributed by atoms with Crippen LogP contribution in [0.1, 0.15) is 18.0 Å². The van der Waals surface area contributed by atoms with Crippen molar-refractivity contribution in [2.24, 2.45) is 5.92 Å². The average Bonchev–Trinajstić information content (AvgIpc) is 2.65. The summed E-state index contributed by atoms with van der Waals surface area (Å²) in [5.74, 6) is 0.389. The molecule has 1 amide bonds. The number of rotatable bonds is 4. The molecule has 0 spiro atoms. The second-order valence-corrected chi connectivity index (χ2v) is 9.19. The SMILES string of the molecule is O=C(CN1C[C@H]2C[C@H](C1)c1cccc(=O)n1C2)Nc1c(Br)cc([N+](=O)[O-])cc1Br. The van der Waals surface area contributed by atoms with E-state index in [9.17, 15) is 19.7 Å². The number of nitrogens with one attached hydrogen (secondary N) is 1. The van der Waals surface area contributed by atoms with Crippen molar-refractivity contribution >= 4 is 49.1 Å². The Hall–Kier alpha value is -2.04. The number of nitro groups is 1. The van der Waals surface area contributed by atoms with Crippen molar-refractivity contribution in [2.75, 3.05) is 25.0 Å². The Morgan fingerprint density at radius 1 is 1.21 bits per heavy atom. The van der Waals surface area contributed by atoms with E-state index in [4.69, 9.17) is 0 Å². The van der Waals surface area contributed by atoms with Crippen LogP contribution < -0.4 is 10.9 Å². The molecule has 0 radical (unpaired) electrons. The molecule has 3 heterocycles. The zero-order valence-electron chi connectivity index (χ0n) is 15.3. The van der Waals surface area contributed by atoms with Gasteiger partial charge in [-0.1, -0.05) is 6.07 Å². The average molecular weight is 526 g/mol. The molecule has 2 atom stereocenters. The molecule has 1 fully saturated rings. The van der Waals surface area contributed by atoms with Gasteiger partial charge in [-0.2, -0.15) is 0 Å². The van der Waals surface area contributed by atoms with Gasteiger partial charge in [0.15, 0.2) is 0 Å². The highest BCUT2D eigenvalue weighted by Crippen LogP contribution is 2.36. The minimum atomic E-state index is -0.489. The van der Waals surface area contributed by atoms with Gasteiger partial charge < -0.3 is 9.88 Å². The molecule has 4 rings (SSSR count). The van der Waals surface area contributed by atoms with Gasteiger partial charge in [0.05, 0.1) is 17.2 Å². The minimum absolute atomic E-state index is 0.0382. The van der Waals surface area contributed by atoms with Gasteiger partial charge in [-0.15, -0.1) is 0 Å². The Bertz CT molecular complexity index is 1030. The smallest absolute Gasteiger partial charge is 0.271 e. The number of halogens is 2. The van der Waals surface area contributed by atoms with Gasteiger partial charge in [0, 0.05) is 58.4 Å². The maximum Gasteiger partial charge on any atom is 0.271 e.